The Morgan fingerprint density at radius 2 is 1.77 bits per heavy atom. The van der Waals surface area contributed by atoms with Gasteiger partial charge in [-0.05, 0) is 100 Å². The van der Waals surface area contributed by atoms with Crippen LogP contribution in [0.2, 0.25) is 0 Å². The fourth-order valence-electron chi connectivity index (χ4n) is 4.04. The van der Waals surface area contributed by atoms with Crippen LogP contribution >= 0.6 is 11.8 Å². The number of carbonyl (C=O) groups is 3. The molecule has 3 N–H and O–H groups in total. The van der Waals surface area contributed by atoms with Crippen molar-refractivity contribution >= 4 is 35.4 Å². The highest BCUT2D eigenvalue weighted by Crippen LogP contribution is 2.29. The maximum atomic E-state index is 14.2. The number of benzene rings is 2. The molecule has 40 heavy (non-hydrogen) atoms. The normalized spacial score (nSPS) is 12.7. The van der Waals surface area contributed by atoms with E-state index in [2.05, 4.69) is 10.6 Å². The van der Waals surface area contributed by atoms with Crippen LogP contribution in [-0.2, 0) is 14.3 Å². The number of phenols is 1. The lowest BCUT2D eigenvalue weighted by Crippen LogP contribution is -2.52. The van der Waals surface area contributed by atoms with Gasteiger partial charge in [0.25, 0.3) is 5.91 Å². The Morgan fingerprint density at radius 3 is 2.33 bits per heavy atom. The van der Waals surface area contributed by atoms with Gasteiger partial charge < -0.3 is 30.1 Å². The van der Waals surface area contributed by atoms with Crippen LogP contribution in [-0.4, -0.2) is 65.2 Å². The lowest BCUT2D eigenvalue weighted by Gasteiger charge is -2.34. The van der Waals surface area contributed by atoms with Gasteiger partial charge in [-0.15, -0.1) is 0 Å². The van der Waals surface area contributed by atoms with Crippen LogP contribution in [0.3, 0.4) is 0 Å². The van der Waals surface area contributed by atoms with Crippen LogP contribution in [0.15, 0.2) is 42.5 Å². The Bertz CT molecular complexity index is 1130. The van der Waals surface area contributed by atoms with Crippen LogP contribution < -0.4 is 15.4 Å². The molecule has 0 bridgehead atoms. The van der Waals surface area contributed by atoms with E-state index in [1.54, 1.807) is 83.0 Å². The topological polar surface area (TPSA) is 117 Å². The number of carbonyl (C=O) groups excluding carboxylic acids is 3. The van der Waals surface area contributed by atoms with E-state index in [0.29, 0.717) is 47.7 Å². The van der Waals surface area contributed by atoms with Crippen molar-refractivity contribution in [1.29, 1.82) is 0 Å². The molecule has 0 aliphatic rings. The Balaban J connectivity index is 2.53. The monoisotopic (exact) mass is 573 g/mol. The number of aryl methyl sites for hydroxylation is 1. The average Bonchev–Trinajstić information content (AvgIpc) is 2.89. The van der Waals surface area contributed by atoms with Crippen molar-refractivity contribution in [3.05, 3.63) is 53.6 Å². The minimum Gasteiger partial charge on any atom is -0.508 e. The number of anilines is 1. The first-order valence-corrected chi connectivity index (χ1v) is 14.8. The molecule has 3 amide bonds. The Labute approximate surface area is 242 Å². The molecule has 10 heteroatoms. The van der Waals surface area contributed by atoms with E-state index >= 15 is 0 Å². The van der Waals surface area contributed by atoms with Crippen LogP contribution in [0.5, 0.6) is 11.5 Å². The second kappa shape index (κ2) is 15.4. The van der Waals surface area contributed by atoms with Gasteiger partial charge in [-0.1, -0.05) is 19.4 Å². The largest absolute Gasteiger partial charge is 0.508 e. The number of amides is 3. The molecule has 0 spiro atoms. The molecular formula is C30H43N3O6S. The maximum Gasteiger partial charge on any atom is 0.408 e. The van der Waals surface area contributed by atoms with Crippen LogP contribution in [0.25, 0.3) is 0 Å². The van der Waals surface area contributed by atoms with Crippen molar-refractivity contribution in [2.24, 2.45) is 0 Å². The molecular weight excluding hydrogens is 530 g/mol. The van der Waals surface area contributed by atoms with Gasteiger partial charge in [0.15, 0.2) is 0 Å². The van der Waals surface area contributed by atoms with E-state index < -0.39 is 29.7 Å². The van der Waals surface area contributed by atoms with E-state index in [-0.39, 0.29) is 11.7 Å². The molecule has 2 unspecified atom stereocenters. The molecule has 0 aliphatic carbocycles. The van der Waals surface area contributed by atoms with Gasteiger partial charge in [0.05, 0.1) is 7.11 Å². The number of alkyl carbamates (subject to hydrolysis) is 1. The summed E-state index contributed by atoms with van der Waals surface area (Å²) in [5.41, 5.74) is 0.934. The van der Waals surface area contributed by atoms with E-state index in [1.165, 1.54) is 11.0 Å². The second-order valence-corrected chi connectivity index (χ2v) is 11.5. The molecule has 0 saturated heterocycles. The molecule has 0 aliphatic heterocycles. The number of ether oxygens (including phenoxy) is 2. The first kappa shape index (κ1) is 32.8. The number of hydrogen-bond acceptors (Lipinski definition) is 7. The van der Waals surface area contributed by atoms with Crippen molar-refractivity contribution in [2.45, 2.75) is 71.6 Å². The minimum absolute atomic E-state index is 0.0916. The summed E-state index contributed by atoms with van der Waals surface area (Å²) in [5.74, 6) is 0.561. The standard InChI is InChI=1S/C30H43N3O6S/c1-8-9-17-33(28(36)24(16-18-40-7)32-29(37)39-30(3,4)5)26(21-10-15-25(34)20(2)19-21)27(35)31-22-11-13-23(38-6)14-12-22/h10-15,19,24,26,34H,8-9,16-18H2,1-7H3,(H,31,35)(H,32,37). The number of aromatic hydroxyl groups is 1. The van der Waals surface area contributed by atoms with Gasteiger partial charge in [-0.3, -0.25) is 9.59 Å². The number of phenolic OH excluding ortho intramolecular Hbond substituents is 1. The highest BCUT2D eigenvalue weighted by molar-refractivity contribution is 7.98. The van der Waals surface area contributed by atoms with E-state index in [1.807, 2.05) is 13.2 Å². The zero-order chi connectivity index (χ0) is 29.9. The summed E-state index contributed by atoms with van der Waals surface area (Å²) in [6.45, 7) is 9.30. The van der Waals surface area contributed by atoms with Gasteiger partial charge in [-0.25, -0.2) is 4.79 Å². The van der Waals surface area contributed by atoms with Gasteiger partial charge in [-0.2, -0.15) is 11.8 Å². The van der Waals surface area contributed by atoms with Crippen molar-refractivity contribution in [1.82, 2.24) is 10.2 Å². The van der Waals surface area contributed by atoms with Gasteiger partial charge in [0, 0.05) is 12.2 Å². The molecule has 220 valence electrons. The smallest absolute Gasteiger partial charge is 0.408 e. The number of methoxy groups -OCH3 is 1. The third kappa shape index (κ3) is 9.97. The number of nitrogens with one attached hydrogen (secondary N) is 2. The second-order valence-electron chi connectivity index (χ2n) is 10.5. The lowest BCUT2D eigenvalue weighted by atomic mass is 9.99. The molecule has 0 saturated carbocycles. The van der Waals surface area contributed by atoms with E-state index in [0.717, 1.165) is 6.42 Å². The predicted molar refractivity (Wildman–Crippen MR) is 160 cm³/mol. The van der Waals surface area contributed by atoms with E-state index in [4.69, 9.17) is 9.47 Å². The van der Waals surface area contributed by atoms with Crippen molar-refractivity contribution in [3.63, 3.8) is 0 Å². The SMILES string of the molecule is CCCCN(C(=O)C(CCSC)NC(=O)OC(C)(C)C)C(C(=O)Nc1ccc(OC)cc1)c1ccc(O)c(C)c1. The average molecular weight is 574 g/mol. The summed E-state index contributed by atoms with van der Waals surface area (Å²) in [7, 11) is 1.56. The number of unbranched alkanes of at least 4 members (excludes halogenated alkanes) is 1. The van der Waals surface area contributed by atoms with Gasteiger partial charge in [0.1, 0.15) is 29.2 Å². The molecule has 0 fully saturated rings. The summed E-state index contributed by atoms with van der Waals surface area (Å²) in [5, 5.41) is 15.8. The predicted octanol–water partition coefficient (Wildman–Crippen LogP) is 5.66. The minimum atomic E-state index is -1.02. The molecule has 2 atom stereocenters. The van der Waals surface area contributed by atoms with E-state index in [9.17, 15) is 19.5 Å². The lowest BCUT2D eigenvalue weighted by molar-refractivity contribution is -0.141. The highest BCUT2D eigenvalue weighted by Gasteiger charge is 2.36. The van der Waals surface area contributed by atoms with Crippen LogP contribution in [0.1, 0.15) is 64.1 Å². The maximum absolute atomic E-state index is 14.2. The van der Waals surface area contributed by atoms with Gasteiger partial charge in [0.2, 0.25) is 5.91 Å². The van der Waals surface area contributed by atoms with Crippen LogP contribution in [0.4, 0.5) is 10.5 Å². The van der Waals surface area contributed by atoms with Crippen LogP contribution in [0, 0.1) is 6.92 Å². The zero-order valence-corrected chi connectivity index (χ0v) is 25.4. The fraction of sp³-hybridized carbons (Fsp3) is 0.500. The summed E-state index contributed by atoms with van der Waals surface area (Å²) >= 11 is 1.56. The van der Waals surface area contributed by atoms with Crippen molar-refractivity contribution < 1.29 is 29.0 Å². The van der Waals surface area contributed by atoms with Crippen molar-refractivity contribution in [2.75, 3.05) is 31.0 Å². The zero-order valence-electron chi connectivity index (χ0n) is 24.6. The molecule has 0 aromatic heterocycles. The third-order valence-corrected chi connectivity index (χ3v) is 6.73. The number of nitrogens with zero attached hydrogens (tertiary/aromatic N) is 1. The summed E-state index contributed by atoms with van der Waals surface area (Å²) in [6.07, 6.45) is 3.04. The number of thioether (sulfide) groups is 1. The fourth-order valence-corrected chi connectivity index (χ4v) is 4.52. The molecule has 0 heterocycles. The molecule has 2 aromatic carbocycles. The molecule has 2 rings (SSSR count). The molecule has 0 radical (unpaired) electrons. The van der Waals surface area contributed by atoms with Gasteiger partial charge >= 0.3 is 6.09 Å². The third-order valence-electron chi connectivity index (χ3n) is 6.09. The summed E-state index contributed by atoms with van der Waals surface area (Å²) in [6, 6.07) is 9.87. The first-order chi connectivity index (χ1) is 18.9. The quantitative estimate of drug-likeness (QED) is 0.283. The first-order valence-electron chi connectivity index (χ1n) is 13.4. The molecule has 2 aromatic rings. The Hall–Kier alpha value is -3.40. The summed E-state index contributed by atoms with van der Waals surface area (Å²) in [4.78, 5) is 42.3. The Morgan fingerprint density at radius 1 is 1.10 bits per heavy atom. The van der Waals surface area contributed by atoms with Crippen molar-refractivity contribution in [3.8, 4) is 11.5 Å². The number of hydrogen-bond donors (Lipinski definition) is 3. The number of rotatable bonds is 13. The molecule has 9 nitrogen and oxygen atoms in total. The summed E-state index contributed by atoms with van der Waals surface area (Å²) < 4.78 is 10.6. The highest BCUT2D eigenvalue weighted by atomic mass is 32.2. The Kier molecular flexibility index (Phi) is 12.6.